The standard InChI is InChI=1S/C9H19NO5/c1-2-3-10-5-9(14)8(13)7(12)6(11)4-15-9/h6-8,10-14H,2-5H2,1H3. The fraction of sp³-hybridized carbons (Fsp3) is 1.00. The third kappa shape index (κ3) is 2.87. The number of ether oxygens (including phenoxy) is 1. The van der Waals surface area contributed by atoms with Gasteiger partial charge in [-0.15, -0.1) is 0 Å². The molecule has 6 heteroatoms. The lowest BCUT2D eigenvalue weighted by molar-refractivity contribution is -0.317. The van der Waals surface area contributed by atoms with Gasteiger partial charge >= 0.3 is 0 Å². The molecule has 90 valence electrons. The average Bonchev–Trinajstić information content (AvgIpc) is 2.22. The second kappa shape index (κ2) is 5.20. The SMILES string of the molecule is CCCNCC1(O)OCC(O)C(O)C1O. The van der Waals surface area contributed by atoms with E-state index in [4.69, 9.17) is 4.74 Å². The molecule has 0 aliphatic carbocycles. The van der Waals surface area contributed by atoms with Crippen LogP contribution in [0.25, 0.3) is 0 Å². The average molecular weight is 221 g/mol. The van der Waals surface area contributed by atoms with Crippen molar-refractivity contribution >= 4 is 0 Å². The van der Waals surface area contributed by atoms with E-state index in [0.29, 0.717) is 6.54 Å². The Morgan fingerprint density at radius 3 is 2.67 bits per heavy atom. The lowest BCUT2D eigenvalue weighted by Crippen LogP contribution is -2.64. The minimum absolute atomic E-state index is 0.0196. The van der Waals surface area contributed by atoms with E-state index in [1.165, 1.54) is 0 Å². The minimum atomic E-state index is -1.83. The highest BCUT2D eigenvalue weighted by molar-refractivity contribution is 4.92. The van der Waals surface area contributed by atoms with Gasteiger partial charge in [0.1, 0.15) is 18.3 Å². The summed E-state index contributed by atoms with van der Waals surface area (Å²) in [6.45, 7) is 2.47. The van der Waals surface area contributed by atoms with Gasteiger partial charge in [0.05, 0.1) is 13.2 Å². The summed E-state index contributed by atoms with van der Waals surface area (Å²) in [7, 11) is 0. The highest BCUT2D eigenvalue weighted by Gasteiger charge is 2.47. The second-order valence-corrected chi connectivity index (χ2v) is 3.84. The van der Waals surface area contributed by atoms with Gasteiger partial charge in [0.2, 0.25) is 5.79 Å². The number of rotatable bonds is 4. The van der Waals surface area contributed by atoms with Crippen molar-refractivity contribution in [3.8, 4) is 0 Å². The van der Waals surface area contributed by atoms with Gasteiger partial charge in [-0.1, -0.05) is 6.92 Å². The van der Waals surface area contributed by atoms with Gasteiger partial charge in [-0.2, -0.15) is 0 Å². The zero-order valence-corrected chi connectivity index (χ0v) is 8.76. The molecular formula is C9H19NO5. The predicted octanol–water partition coefficient (Wildman–Crippen LogP) is -2.21. The van der Waals surface area contributed by atoms with E-state index in [9.17, 15) is 20.4 Å². The van der Waals surface area contributed by atoms with E-state index in [0.717, 1.165) is 6.42 Å². The summed E-state index contributed by atoms with van der Waals surface area (Å²) < 4.78 is 4.94. The third-order valence-electron chi connectivity index (χ3n) is 2.49. The topological polar surface area (TPSA) is 102 Å². The summed E-state index contributed by atoms with van der Waals surface area (Å²) in [5, 5.41) is 40.8. The molecule has 0 radical (unpaired) electrons. The molecule has 1 saturated heterocycles. The summed E-state index contributed by atoms with van der Waals surface area (Å²) in [5.74, 6) is -1.83. The molecule has 4 unspecified atom stereocenters. The fourth-order valence-corrected chi connectivity index (χ4v) is 1.49. The Morgan fingerprint density at radius 2 is 2.07 bits per heavy atom. The fourth-order valence-electron chi connectivity index (χ4n) is 1.49. The van der Waals surface area contributed by atoms with E-state index < -0.39 is 24.1 Å². The first kappa shape index (κ1) is 12.8. The molecule has 0 aromatic carbocycles. The van der Waals surface area contributed by atoms with Crippen molar-refractivity contribution in [2.75, 3.05) is 19.7 Å². The van der Waals surface area contributed by atoms with Crippen molar-refractivity contribution in [3.05, 3.63) is 0 Å². The van der Waals surface area contributed by atoms with Gasteiger partial charge in [-0.25, -0.2) is 0 Å². The van der Waals surface area contributed by atoms with Crippen molar-refractivity contribution < 1.29 is 25.2 Å². The minimum Gasteiger partial charge on any atom is -0.388 e. The highest BCUT2D eigenvalue weighted by atomic mass is 16.6. The van der Waals surface area contributed by atoms with Crippen LogP contribution in [0.3, 0.4) is 0 Å². The van der Waals surface area contributed by atoms with Crippen molar-refractivity contribution in [3.63, 3.8) is 0 Å². The third-order valence-corrected chi connectivity index (χ3v) is 2.49. The highest BCUT2D eigenvalue weighted by Crippen LogP contribution is 2.23. The van der Waals surface area contributed by atoms with Gasteiger partial charge in [0.25, 0.3) is 0 Å². The molecule has 1 aliphatic rings. The molecule has 1 rings (SSSR count). The first-order chi connectivity index (χ1) is 7.01. The van der Waals surface area contributed by atoms with Crippen LogP contribution in [0.4, 0.5) is 0 Å². The van der Waals surface area contributed by atoms with Crippen LogP contribution >= 0.6 is 0 Å². The van der Waals surface area contributed by atoms with Gasteiger partial charge in [0, 0.05) is 0 Å². The Morgan fingerprint density at radius 1 is 1.40 bits per heavy atom. The Kier molecular flexibility index (Phi) is 4.45. The summed E-state index contributed by atoms with van der Waals surface area (Å²) in [5.41, 5.74) is 0. The molecule has 15 heavy (non-hydrogen) atoms. The van der Waals surface area contributed by atoms with Crippen LogP contribution in [-0.2, 0) is 4.74 Å². The molecule has 0 bridgehead atoms. The summed E-state index contributed by atoms with van der Waals surface area (Å²) in [4.78, 5) is 0. The van der Waals surface area contributed by atoms with E-state index in [1.54, 1.807) is 0 Å². The molecule has 1 aliphatic heterocycles. The van der Waals surface area contributed by atoms with Gasteiger partial charge < -0.3 is 30.5 Å². The smallest absolute Gasteiger partial charge is 0.207 e. The predicted molar refractivity (Wildman–Crippen MR) is 52.1 cm³/mol. The first-order valence-corrected chi connectivity index (χ1v) is 5.12. The monoisotopic (exact) mass is 221 g/mol. The zero-order chi connectivity index (χ0) is 11.5. The molecule has 4 atom stereocenters. The number of hydrogen-bond donors (Lipinski definition) is 5. The Hall–Kier alpha value is -0.240. The zero-order valence-electron chi connectivity index (χ0n) is 8.76. The Bertz CT molecular complexity index is 203. The Balaban J connectivity index is 2.51. The maximum absolute atomic E-state index is 9.85. The van der Waals surface area contributed by atoms with Gasteiger partial charge in [-0.3, -0.25) is 0 Å². The van der Waals surface area contributed by atoms with Crippen LogP contribution in [0.1, 0.15) is 13.3 Å². The molecule has 0 aromatic heterocycles. The van der Waals surface area contributed by atoms with Gasteiger partial charge in [0.15, 0.2) is 0 Å². The Labute approximate surface area is 88.5 Å². The van der Waals surface area contributed by atoms with Crippen LogP contribution in [0.15, 0.2) is 0 Å². The molecule has 5 N–H and O–H groups in total. The van der Waals surface area contributed by atoms with Crippen LogP contribution in [0.5, 0.6) is 0 Å². The largest absolute Gasteiger partial charge is 0.388 e. The summed E-state index contributed by atoms with van der Waals surface area (Å²) in [6.07, 6.45) is -3.17. The maximum atomic E-state index is 9.85. The molecule has 1 heterocycles. The summed E-state index contributed by atoms with van der Waals surface area (Å²) >= 11 is 0. The van der Waals surface area contributed by atoms with Crippen molar-refractivity contribution in [2.24, 2.45) is 0 Å². The first-order valence-electron chi connectivity index (χ1n) is 5.12. The van der Waals surface area contributed by atoms with Crippen LogP contribution in [0, 0.1) is 0 Å². The van der Waals surface area contributed by atoms with E-state index in [2.05, 4.69) is 5.32 Å². The van der Waals surface area contributed by atoms with Crippen LogP contribution in [0.2, 0.25) is 0 Å². The van der Waals surface area contributed by atoms with Crippen molar-refractivity contribution in [2.45, 2.75) is 37.4 Å². The molecule has 0 saturated carbocycles. The van der Waals surface area contributed by atoms with E-state index in [-0.39, 0.29) is 13.2 Å². The van der Waals surface area contributed by atoms with Gasteiger partial charge in [-0.05, 0) is 13.0 Å². The summed E-state index contributed by atoms with van der Waals surface area (Å²) in [6, 6.07) is 0. The lowest BCUT2D eigenvalue weighted by atomic mass is 9.97. The molecule has 6 nitrogen and oxygen atoms in total. The van der Waals surface area contributed by atoms with Crippen molar-refractivity contribution in [1.82, 2.24) is 5.32 Å². The lowest BCUT2D eigenvalue weighted by Gasteiger charge is -2.41. The van der Waals surface area contributed by atoms with Crippen LogP contribution in [-0.4, -0.2) is 64.2 Å². The molecule has 0 amide bonds. The van der Waals surface area contributed by atoms with E-state index >= 15 is 0 Å². The number of aliphatic hydroxyl groups excluding tert-OH is 3. The number of hydrogen-bond acceptors (Lipinski definition) is 6. The van der Waals surface area contributed by atoms with Crippen molar-refractivity contribution in [1.29, 1.82) is 0 Å². The molecular weight excluding hydrogens is 202 g/mol. The number of nitrogens with one attached hydrogen (secondary N) is 1. The van der Waals surface area contributed by atoms with E-state index in [1.807, 2.05) is 6.92 Å². The number of aliphatic hydroxyl groups is 4. The maximum Gasteiger partial charge on any atom is 0.207 e. The molecule has 0 aromatic rings. The molecule has 0 spiro atoms. The normalized spacial score (nSPS) is 41.8. The quantitative estimate of drug-likeness (QED) is 0.345. The molecule has 1 fully saturated rings. The second-order valence-electron chi connectivity index (χ2n) is 3.84. The van der Waals surface area contributed by atoms with Crippen LogP contribution < -0.4 is 5.32 Å².